The molecule has 0 aromatic carbocycles. The first-order valence-corrected chi connectivity index (χ1v) is 7.76. The van der Waals surface area contributed by atoms with Gasteiger partial charge in [-0.15, -0.1) is 0 Å². The highest BCUT2D eigenvalue weighted by Crippen LogP contribution is 2.22. The first-order chi connectivity index (χ1) is 10.6. The summed E-state index contributed by atoms with van der Waals surface area (Å²) in [4.78, 5) is 31.2. The van der Waals surface area contributed by atoms with Crippen molar-refractivity contribution in [3.63, 3.8) is 0 Å². The maximum Gasteiger partial charge on any atom is 0.242 e. The van der Waals surface area contributed by atoms with E-state index in [2.05, 4.69) is 4.98 Å². The highest BCUT2D eigenvalue weighted by atomic mass is 16.3. The summed E-state index contributed by atoms with van der Waals surface area (Å²) in [5.74, 6) is 0.0357. The molecule has 0 spiro atoms. The van der Waals surface area contributed by atoms with E-state index < -0.39 is 6.10 Å². The van der Waals surface area contributed by atoms with Gasteiger partial charge >= 0.3 is 0 Å². The number of likely N-dealkylation sites (tertiary alicyclic amines) is 2. The highest BCUT2D eigenvalue weighted by molar-refractivity contribution is 5.86. The lowest BCUT2D eigenvalue weighted by Gasteiger charge is -2.21. The molecule has 0 unspecified atom stereocenters. The van der Waals surface area contributed by atoms with E-state index in [-0.39, 0.29) is 24.3 Å². The van der Waals surface area contributed by atoms with Gasteiger partial charge in [0.2, 0.25) is 11.8 Å². The number of carbonyl (C=O) groups excluding carboxylic acids is 2. The monoisotopic (exact) mass is 303 g/mol. The van der Waals surface area contributed by atoms with Crippen LogP contribution in [-0.4, -0.2) is 64.0 Å². The second-order valence-electron chi connectivity index (χ2n) is 6.10. The van der Waals surface area contributed by atoms with E-state index in [1.807, 2.05) is 12.1 Å². The molecule has 1 N–H and O–H groups in total. The average Bonchev–Trinajstić information content (AvgIpc) is 3.07. The Morgan fingerprint density at radius 2 is 2.09 bits per heavy atom. The van der Waals surface area contributed by atoms with Gasteiger partial charge < -0.3 is 14.9 Å². The molecule has 3 heterocycles. The largest absolute Gasteiger partial charge is 0.391 e. The second kappa shape index (κ2) is 6.44. The zero-order valence-corrected chi connectivity index (χ0v) is 12.5. The smallest absolute Gasteiger partial charge is 0.242 e. The fourth-order valence-electron chi connectivity index (χ4n) is 3.21. The third-order valence-electron chi connectivity index (χ3n) is 4.50. The molecule has 2 amide bonds. The van der Waals surface area contributed by atoms with Gasteiger partial charge in [0.15, 0.2) is 0 Å². The van der Waals surface area contributed by atoms with E-state index in [0.717, 1.165) is 18.4 Å². The maximum atomic E-state index is 12.3. The lowest BCUT2D eigenvalue weighted by Crippen LogP contribution is -2.40. The van der Waals surface area contributed by atoms with Crippen LogP contribution in [0, 0.1) is 5.92 Å². The van der Waals surface area contributed by atoms with Crippen molar-refractivity contribution in [2.24, 2.45) is 5.92 Å². The minimum Gasteiger partial charge on any atom is -0.391 e. The molecule has 118 valence electrons. The first-order valence-electron chi connectivity index (χ1n) is 7.76. The summed E-state index contributed by atoms with van der Waals surface area (Å²) < 4.78 is 0. The molecule has 6 nitrogen and oxygen atoms in total. The van der Waals surface area contributed by atoms with E-state index in [4.69, 9.17) is 0 Å². The van der Waals surface area contributed by atoms with Gasteiger partial charge in [-0.1, -0.05) is 0 Å². The van der Waals surface area contributed by atoms with Crippen LogP contribution in [-0.2, 0) is 16.0 Å². The third kappa shape index (κ3) is 3.27. The maximum absolute atomic E-state index is 12.3. The summed E-state index contributed by atoms with van der Waals surface area (Å²) in [5.41, 5.74) is 1.11. The van der Waals surface area contributed by atoms with Crippen LogP contribution in [0.25, 0.3) is 0 Å². The van der Waals surface area contributed by atoms with Crippen LogP contribution in [0.3, 0.4) is 0 Å². The molecule has 1 aromatic rings. The molecule has 2 fully saturated rings. The second-order valence-corrected chi connectivity index (χ2v) is 6.10. The Bertz CT molecular complexity index is 549. The summed E-state index contributed by atoms with van der Waals surface area (Å²) >= 11 is 0. The molecule has 2 aliphatic heterocycles. The number of amides is 2. The number of pyridine rings is 1. The Morgan fingerprint density at radius 3 is 2.77 bits per heavy atom. The van der Waals surface area contributed by atoms with Gasteiger partial charge in [-0.05, 0) is 30.5 Å². The van der Waals surface area contributed by atoms with E-state index in [0.29, 0.717) is 26.1 Å². The van der Waals surface area contributed by atoms with E-state index in [1.54, 1.807) is 22.2 Å². The number of carbonyl (C=O) groups is 2. The van der Waals surface area contributed by atoms with E-state index >= 15 is 0 Å². The minimum atomic E-state index is -0.508. The average molecular weight is 303 g/mol. The van der Waals surface area contributed by atoms with Gasteiger partial charge in [0.1, 0.15) is 0 Å². The summed E-state index contributed by atoms with van der Waals surface area (Å²) in [7, 11) is 0. The summed E-state index contributed by atoms with van der Waals surface area (Å²) in [6.07, 6.45) is 5.07. The molecular formula is C16H21N3O3. The number of hydrogen-bond donors (Lipinski definition) is 1. The van der Waals surface area contributed by atoms with Crippen LogP contribution in [0.15, 0.2) is 24.5 Å². The summed E-state index contributed by atoms with van der Waals surface area (Å²) in [6, 6.07) is 3.86. The van der Waals surface area contributed by atoms with E-state index in [1.165, 1.54) is 0 Å². The first kappa shape index (κ1) is 15.0. The molecule has 1 aromatic heterocycles. The highest BCUT2D eigenvalue weighted by Gasteiger charge is 2.35. The molecule has 22 heavy (non-hydrogen) atoms. The fourth-order valence-corrected chi connectivity index (χ4v) is 3.21. The number of rotatable bonds is 4. The Labute approximate surface area is 129 Å². The lowest BCUT2D eigenvalue weighted by atomic mass is 9.97. The molecule has 0 aliphatic carbocycles. The van der Waals surface area contributed by atoms with Crippen molar-refractivity contribution in [1.82, 2.24) is 14.8 Å². The minimum absolute atomic E-state index is 0.0422. The number of hydrogen-bond acceptors (Lipinski definition) is 4. The standard InChI is InChI=1S/C16H21N3O3/c20-14-10-19(16(22)11-18-7-1-2-15(18)21)9-13(14)8-12-3-5-17-6-4-12/h3-6,13-14,20H,1-2,7-11H2/t13-,14+/m1/s1. The molecule has 2 atom stereocenters. The Hall–Kier alpha value is -1.95. The van der Waals surface area contributed by atoms with Gasteiger partial charge in [-0.25, -0.2) is 0 Å². The zero-order chi connectivity index (χ0) is 15.5. The van der Waals surface area contributed by atoms with E-state index in [9.17, 15) is 14.7 Å². The molecule has 2 aliphatic rings. The van der Waals surface area contributed by atoms with Gasteiger partial charge in [0, 0.05) is 44.4 Å². The number of aliphatic hydroxyl groups is 1. The van der Waals surface area contributed by atoms with Crippen molar-refractivity contribution in [2.45, 2.75) is 25.4 Å². The van der Waals surface area contributed by atoms with Crippen molar-refractivity contribution in [1.29, 1.82) is 0 Å². The fraction of sp³-hybridized carbons (Fsp3) is 0.562. The number of aliphatic hydroxyl groups excluding tert-OH is 1. The number of nitrogens with zero attached hydrogens (tertiary/aromatic N) is 3. The third-order valence-corrected chi connectivity index (χ3v) is 4.50. The van der Waals surface area contributed by atoms with Crippen LogP contribution >= 0.6 is 0 Å². The van der Waals surface area contributed by atoms with Gasteiger partial charge in [-0.3, -0.25) is 14.6 Å². The van der Waals surface area contributed by atoms with Crippen molar-refractivity contribution in [2.75, 3.05) is 26.2 Å². The van der Waals surface area contributed by atoms with Crippen molar-refractivity contribution >= 4 is 11.8 Å². The van der Waals surface area contributed by atoms with Crippen LogP contribution in [0.2, 0.25) is 0 Å². The summed E-state index contributed by atoms with van der Waals surface area (Å²) in [5, 5.41) is 10.2. The van der Waals surface area contributed by atoms with Crippen LogP contribution in [0.5, 0.6) is 0 Å². The van der Waals surface area contributed by atoms with Crippen molar-refractivity contribution in [3.8, 4) is 0 Å². The molecule has 0 radical (unpaired) electrons. The normalized spacial score (nSPS) is 25.0. The Balaban J connectivity index is 1.55. The van der Waals surface area contributed by atoms with Crippen LogP contribution in [0.1, 0.15) is 18.4 Å². The van der Waals surface area contributed by atoms with Crippen molar-refractivity contribution < 1.29 is 14.7 Å². The molecular weight excluding hydrogens is 282 g/mol. The molecule has 6 heteroatoms. The lowest BCUT2D eigenvalue weighted by molar-refractivity contribution is -0.137. The van der Waals surface area contributed by atoms with Gasteiger partial charge in [0.25, 0.3) is 0 Å². The predicted octanol–water partition coefficient (Wildman–Crippen LogP) is 0.0658. The molecule has 0 saturated carbocycles. The Morgan fingerprint density at radius 1 is 1.32 bits per heavy atom. The van der Waals surface area contributed by atoms with Gasteiger partial charge in [-0.2, -0.15) is 0 Å². The SMILES string of the molecule is O=C1CCCN1CC(=O)N1C[C@@H](Cc2ccncc2)[C@@H](O)C1. The number of aromatic nitrogens is 1. The topological polar surface area (TPSA) is 73.7 Å². The van der Waals surface area contributed by atoms with Gasteiger partial charge in [0.05, 0.1) is 12.6 Å². The van der Waals surface area contributed by atoms with Crippen LogP contribution in [0.4, 0.5) is 0 Å². The van der Waals surface area contributed by atoms with Crippen molar-refractivity contribution in [3.05, 3.63) is 30.1 Å². The molecule has 2 saturated heterocycles. The number of β-amino-alcohol motifs (C(OH)–C–C–N with tert-alkyl or cyclic N) is 1. The van der Waals surface area contributed by atoms with Crippen LogP contribution < -0.4 is 0 Å². The molecule has 0 bridgehead atoms. The Kier molecular flexibility index (Phi) is 4.38. The quantitative estimate of drug-likeness (QED) is 0.854. The predicted molar refractivity (Wildman–Crippen MR) is 79.8 cm³/mol. The zero-order valence-electron chi connectivity index (χ0n) is 12.5. The summed E-state index contributed by atoms with van der Waals surface area (Å²) in [6.45, 7) is 1.72. The molecule has 3 rings (SSSR count).